The van der Waals surface area contributed by atoms with Crippen LogP contribution in [0.5, 0.6) is 5.75 Å². The minimum Gasteiger partial charge on any atom is -0.862 e. The molecule has 1 aromatic heterocycles. The van der Waals surface area contributed by atoms with E-state index in [0.29, 0.717) is 6.54 Å². The summed E-state index contributed by atoms with van der Waals surface area (Å²) < 4.78 is 11.8. The standard InChI is InChI=1S/C13H15N3O3/c1-10(17)14-13-9-16(15-19-13)8-7-11-5-3-4-6-12(11)18-2/h3-6,9H,7-8H2,1-2H3. The van der Waals surface area contributed by atoms with E-state index in [1.165, 1.54) is 6.92 Å². The number of aryl methyl sites for hydroxylation is 2. The van der Waals surface area contributed by atoms with Gasteiger partial charge in [0.25, 0.3) is 6.20 Å². The minimum atomic E-state index is -0.312. The fourth-order valence-corrected chi connectivity index (χ4v) is 1.72. The van der Waals surface area contributed by atoms with Crippen molar-refractivity contribution in [3.05, 3.63) is 36.0 Å². The quantitative estimate of drug-likeness (QED) is 0.449. The van der Waals surface area contributed by atoms with Gasteiger partial charge in [-0.3, -0.25) is 4.52 Å². The van der Waals surface area contributed by atoms with Gasteiger partial charge < -0.3 is 9.84 Å². The van der Waals surface area contributed by atoms with E-state index in [9.17, 15) is 5.11 Å². The normalized spacial score (nSPS) is 11.6. The molecule has 0 fully saturated rings. The number of nitrogens with zero attached hydrogens (tertiary/aromatic N) is 3. The van der Waals surface area contributed by atoms with Crippen LogP contribution in [-0.2, 0) is 13.0 Å². The Morgan fingerprint density at radius 2 is 2.26 bits per heavy atom. The largest absolute Gasteiger partial charge is 0.862 e. The Morgan fingerprint density at radius 1 is 1.47 bits per heavy atom. The third-order valence-corrected chi connectivity index (χ3v) is 2.57. The number of hydrogen-bond acceptors (Lipinski definition) is 5. The number of aromatic nitrogens is 2. The van der Waals surface area contributed by atoms with Crippen molar-refractivity contribution in [3.8, 4) is 5.75 Å². The molecule has 0 atom stereocenters. The first-order valence-electron chi connectivity index (χ1n) is 5.89. The summed E-state index contributed by atoms with van der Waals surface area (Å²) in [6.07, 6.45) is 2.34. The van der Waals surface area contributed by atoms with E-state index in [4.69, 9.17) is 9.26 Å². The molecule has 0 N–H and O–H groups in total. The van der Waals surface area contributed by atoms with Crippen molar-refractivity contribution in [3.63, 3.8) is 0 Å². The lowest BCUT2D eigenvalue weighted by Crippen LogP contribution is -2.35. The van der Waals surface area contributed by atoms with Crippen molar-refractivity contribution in [1.82, 2.24) is 5.27 Å². The molecule has 19 heavy (non-hydrogen) atoms. The Bertz CT molecular complexity index is 574. The van der Waals surface area contributed by atoms with Crippen LogP contribution < -0.4 is 14.5 Å². The second-order valence-corrected chi connectivity index (χ2v) is 4.00. The van der Waals surface area contributed by atoms with E-state index in [1.54, 1.807) is 18.0 Å². The van der Waals surface area contributed by atoms with E-state index in [0.717, 1.165) is 17.7 Å². The zero-order chi connectivity index (χ0) is 13.7. The summed E-state index contributed by atoms with van der Waals surface area (Å²) in [4.78, 5) is 3.66. The molecule has 2 aromatic rings. The lowest BCUT2D eigenvalue weighted by atomic mass is 10.1. The van der Waals surface area contributed by atoms with Crippen LogP contribution in [0.15, 0.2) is 40.0 Å². The SMILES string of the molecule is COc1ccccc1CC[n+]1cc(/N=C(\C)[O-])on1. The van der Waals surface area contributed by atoms with Crippen LogP contribution in [0.2, 0.25) is 0 Å². The highest BCUT2D eigenvalue weighted by atomic mass is 16.5. The molecule has 100 valence electrons. The first-order chi connectivity index (χ1) is 9.19. The number of rotatable bonds is 5. The molecule has 0 saturated carbocycles. The van der Waals surface area contributed by atoms with Crippen LogP contribution in [0.1, 0.15) is 12.5 Å². The van der Waals surface area contributed by atoms with Gasteiger partial charge in [-0.15, -0.1) is 0 Å². The molecule has 0 aliphatic heterocycles. The van der Waals surface area contributed by atoms with E-state index >= 15 is 0 Å². The fraction of sp³-hybridized carbons (Fsp3) is 0.308. The summed E-state index contributed by atoms with van der Waals surface area (Å²) in [6.45, 7) is 1.99. The zero-order valence-electron chi connectivity index (χ0n) is 10.9. The highest BCUT2D eigenvalue weighted by Crippen LogP contribution is 2.17. The Morgan fingerprint density at radius 3 is 3.00 bits per heavy atom. The number of methoxy groups -OCH3 is 1. The Hall–Kier alpha value is -2.37. The summed E-state index contributed by atoms with van der Waals surface area (Å²) in [5.41, 5.74) is 1.09. The van der Waals surface area contributed by atoms with Crippen LogP contribution in [0, 0.1) is 0 Å². The van der Waals surface area contributed by atoms with Gasteiger partial charge in [0, 0.05) is 12.0 Å². The maximum atomic E-state index is 10.8. The average Bonchev–Trinajstić information content (AvgIpc) is 2.83. The average molecular weight is 261 g/mol. The molecule has 0 amide bonds. The number of benzene rings is 1. The number of aliphatic imine (C=N–C) groups is 1. The second kappa shape index (κ2) is 5.99. The van der Waals surface area contributed by atoms with Gasteiger partial charge in [0.2, 0.25) is 5.27 Å². The van der Waals surface area contributed by atoms with Crippen molar-refractivity contribution in [1.29, 1.82) is 0 Å². The van der Waals surface area contributed by atoms with Gasteiger partial charge in [0.1, 0.15) is 5.75 Å². The zero-order valence-corrected chi connectivity index (χ0v) is 10.9. The number of hydrogen-bond donors (Lipinski definition) is 0. The molecule has 6 heteroatoms. The molecule has 6 nitrogen and oxygen atoms in total. The van der Waals surface area contributed by atoms with Gasteiger partial charge in [-0.2, -0.15) is 0 Å². The molecule has 0 saturated heterocycles. The molecular formula is C13H15N3O3. The van der Waals surface area contributed by atoms with E-state index in [1.807, 2.05) is 24.3 Å². The molecule has 0 aliphatic rings. The van der Waals surface area contributed by atoms with Crippen molar-refractivity contribution >= 4 is 11.8 Å². The first kappa shape index (κ1) is 13.1. The fourth-order valence-electron chi connectivity index (χ4n) is 1.72. The van der Waals surface area contributed by atoms with E-state index < -0.39 is 0 Å². The van der Waals surface area contributed by atoms with Crippen LogP contribution in [0.4, 0.5) is 5.88 Å². The molecule has 0 unspecified atom stereocenters. The van der Waals surface area contributed by atoms with Crippen LogP contribution in [0.3, 0.4) is 0 Å². The molecule has 1 heterocycles. The predicted molar refractivity (Wildman–Crippen MR) is 66.2 cm³/mol. The molecule has 0 radical (unpaired) electrons. The summed E-state index contributed by atoms with van der Waals surface area (Å²) in [7, 11) is 1.64. The Labute approximate surface area is 110 Å². The highest BCUT2D eigenvalue weighted by Gasteiger charge is 2.11. The summed E-state index contributed by atoms with van der Waals surface area (Å²) in [6, 6.07) is 7.80. The van der Waals surface area contributed by atoms with Crippen molar-refractivity contribution < 1.29 is 19.0 Å². The third-order valence-electron chi connectivity index (χ3n) is 2.57. The van der Waals surface area contributed by atoms with Gasteiger partial charge in [0.15, 0.2) is 6.54 Å². The minimum absolute atomic E-state index is 0.215. The smallest absolute Gasteiger partial charge is 0.320 e. The van der Waals surface area contributed by atoms with Gasteiger partial charge >= 0.3 is 5.88 Å². The summed E-state index contributed by atoms with van der Waals surface area (Å²) in [5.74, 6) is 0.751. The Kier molecular flexibility index (Phi) is 4.12. The summed E-state index contributed by atoms with van der Waals surface area (Å²) in [5, 5.41) is 14.6. The van der Waals surface area contributed by atoms with Gasteiger partial charge in [-0.25, -0.2) is 4.99 Å². The lowest BCUT2D eigenvalue weighted by Gasteiger charge is -2.04. The van der Waals surface area contributed by atoms with Gasteiger partial charge in [0.05, 0.1) is 7.11 Å². The maximum Gasteiger partial charge on any atom is 0.320 e. The van der Waals surface area contributed by atoms with Crippen LogP contribution >= 0.6 is 0 Å². The first-order valence-corrected chi connectivity index (χ1v) is 5.89. The van der Waals surface area contributed by atoms with Crippen molar-refractivity contribution in [2.24, 2.45) is 4.99 Å². The predicted octanol–water partition coefficient (Wildman–Crippen LogP) is 0.624. The van der Waals surface area contributed by atoms with Crippen LogP contribution in [0.25, 0.3) is 0 Å². The maximum absolute atomic E-state index is 10.8. The van der Waals surface area contributed by atoms with E-state index in [-0.39, 0.29) is 11.8 Å². The third kappa shape index (κ3) is 3.54. The van der Waals surface area contributed by atoms with Crippen LogP contribution in [-0.4, -0.2) is 18.3 Å². The van der Waals surface area contributed by atoms with Crippen molar-refractivity contribution in [2.75, 3.05) is 7.11 Å². The topological polar surface area (TPSA) is 74.6 Å². The molecule has 0 aliphatic carbocycles. The molecular weight excluding hydrogens is 246 g/mol. The van der Waals surface area contributed by atoms with E-state index in [2.05, 4.69) is 10.3 Å². The Balaban J connectivity index is 2.02. The second-order valence-electron chi connectivity index (χ2n) is 4.00. The summed E-state index contributed by atoms with van der Waals surface area (Å²) >= 11 is 0. The van der Waals surface area contributed by atoms with Crippen molar-refractivity contribution in [2.45, 2.75) is 19.9 Å². The molecule has 0 bridgehead atoms. The highest BCUT2D eigenvalue weighted by molar-refractivity contribution is 5.70. The van der Waals surface area contributed by atoms with Gasteiger partial charge in [-0.1, -0.05) is 22.9 Å². The molecule has 0 spiro atoms. The monoisotopic (exact) mass is 261 g/mol. The van der Waals surface area contributed by atoms with Gasteiger partial charge in [-0.05, 0) is 18.9 Å². The lowest BCUT2D eigenvalue weighted by molar-refractivity contribution is -0.761. The number of para-hydroxylation sites is 1. The molecule has 2 rings (SSSR count). The number of ether oxygens (including phenoxy) is 1. The molecule has 1 aromatic carbocycles.